The Labute approximate surface area is 94.7 Å². The number of para-hydroxylation sites is 1. The largest absolute Gasteiger partial charge is 0.491 e. The average Bonchev–Trinajstić information content (AvgIpc) is 2.74. The molecule has 0 saturated heterocycles. The molecule has 0 radical (unpaired) electrons. The van der Waals surface area contributed by atoms with Gasteiger partial charge in [-0.25, -0.2) is 4.98 Å². The standard InChI is InChI=1S/C12H15N3O/c1-15-8-7-14-12(15)11(13)9-16-10-5-3-2-4-6-10/h2-8,11H,9,13H2,1H3. The maximum absolute atomic E-state index is 5.98. The van der Waals surface area contributed by atoms with E-state index >= 15 is 0 Å². The molecule has 1 aromatic heterocycles. The number of ether oxygens (including phenoxy) is 1. The fourth-order valence-electron chi connectivity index (χ4n) is 1.51. The van der Waals surface area contributed by atoms with E-state index in [0.29, 0.717) is 6.61 Å². The molecule has 4 nitrogen and oxygen atoms in total. The van der Waals surface area contributed by atoms with E-state index in [-0.39, 0.29) is 6.04 Å². The van der Waals surface area contributed by atoms with Gasteiger partial charge >= 0.3 is 0 Å². The molecule has 0 amide bonds. The minimum Gasteiger partial charge on any atom is -0.491 e. The minimum atomic E-state index is -0.208. The van der Waals surface area contributed by atoms with E-state index < -0.39 is 0 Å². The zero-order chi connectivity index (χ0) is 11.4. The quantitative estimate of drug-likeness (QED) is 0.844. The molecular weight excluding hydrogens is 202 g/mol. The van der Waals surface area contributed by atoms with Gasteiger partial charge in [0.2, 0.25) is 0 Å². The third-order valence-corrected chi connectivity index (χ3v) is 2.36. The number of imidazole rings is 1. The van der Waals surface area contributed by atoms with Gasteiger partial charge in [0.1, 0.15) is 18.2 Å². The smallest absolute Gasteiger partial charge is 0.128 e. The molecule has 0 aliphatic heterocycles. The molecule has 1 heterocycles. The van der Waals surface area contributed by atoms with Crippen molar-refractivity contribution >= 4 is 0 Å². The van der Waals surface area contributed by atoms with E-state index in [9.17, 15) is 0 Å². The summed E-state index contributed by atoms with van der Waals surface area (Å²) in [7, 11) is 1.92. The Morgan fingerprint density at radius 2 is 2.12 bits per heavy atom. The van der Waals surface area contributed by atoms with Gasteiger partial charge in [-0.05, 0) is 12.1 Å². The normalized spacial score (nSPS) is 12.4. The van der Waals surface area contributed by atoms with Crippen molar-refractivity contribution in [3.63, 3.8) is 0 Å². The van der Waals surface area contributed by atoms with Crippen molar-refractivity contribution in [1.82, 2.24) is 9.55 Å². The summed E-state index contributed by atoms with van der Waals surface area (Å²) in [6.07, 6.45) is 3.61. The lowest BCUT2D eigenvalue weighted by Gasteiger charge is -2.12. The molecule has 1 atom stereocenters. The Kier molecular flexibility index (Phi) is 3.22. The van der Waals surface area contributed by atoms with Crippen LogP contribution in [0, 0.1) is 0 Å². The molecule has 0 aliphatic rings. The third kappa shape index (κ3) is 2.41. The van der Waals surface area contributed by atoms with E-state index in [1.54, 1.807) is 6.20 Å². The van der Waals surface area contributed by atoms with Gasteiger partial charge in [-0.1, -0.05) is 18.2 Å². The van der Waals surface area contributed by atoms with Gasteiger partial charge in [-0.2, -0.15) is 0 Å². The number of benzene rings is 1. The summed E-state index contributed by atoms with van der Waals surface area (Å²) in [6, 6.07) is 9.42. The number of nitrogens with zero attached hydrogens (tertiary/aromatic N) is 2. The highest BCUT2D eigenvalue weighted by Gasteiger charge is 2.11. The molecule has 0 fully saturated rings. The molecule has 0 saturated carbocycles. The molecule has 2 N–H and O–H groups in total. The van der Waals surface area contributed by atoms with E-state index in [0.717, 1.165) is 11.6 Å². The van der Waals surface area contributed by atoms with Gasteiger partial charge < -0.3 is 15.0 Å². The van der Waals surface area contributed by atoms with E-state index in [4.69, 9.17) is 10.5 Å². The highest BCUT2D eigenvalue weighted by molar-refractivity contribution is 5.21. The number of aryl methyl sites for hydroxylation is 1. The fourth-order valence-corrected chi connectivity index (χ4v) is 1.51. The van der Waals surface area contributed by atoms with Crippen molar-refractivity contribution < 1.29 is 4.74 Å². The Morgan fingerprint density at radius 3 is 2.75 bits per heavy atom. The van der Waals surface area contributed by atoms with Crippen LogP contribution in [0.15, 0.2) is 42.7 Å². The van der Waals surface area contributed by atoms with Crippen molar-refractivity contribution in [1.29, 1.82) is 0 Å². The summed E-state index contributed by atoms with van der Waals surface area (Å²) in [4.78, 5) is 4.19. The maximum atomic E-state index is 5.98. The van der Waals surface area contributed by atoms with Crippen LogP contribution < -0.4 is 10.5 Å². The van der Waals surface area contributed by atoms with Gasteiger partial charge in [0.25, 0.3) is 0 Å². The van der Waals surface area contributed by atoms with E-state index in [1.807, 2.05) is 48.1 Å². The molecule has 2 aromatic rings. The van der Waals surface area contributed by atoms with Gasteiger partial charge in [-0.15, -0.1) is 0 Å². The van der Waals surface area contributed by atoms with Crippen molar-refractivity contribution in [2.24, 2.45) is 12.8 Å². The van der Waals surface area contributed by atoms with Crippen LogP contribution in [-0.2, 0) is 7.05 Å². The zero-order valence-electron chi connectivity index (χ0n) is 9.21. The highest BCUT2D eigenvalue weighted by Crippen LogP contribution is 2.12. The van der Waals surface area contributed by atoms with Crippen LogP contribution in [0.25, 0.3) is 0 Å². The third-order valence-electron chi connectivity index (χ3n) is 2.36. The molecule has 0 aliphatic carbocycles. The summed E-state index contributed by atoms with van der Waals surface area (Å²) in [5.41, 5.74) is 5.98. The molecule has 0 spiro atoms. The number of nitrogens with two attached hydrogens (primary N) is 1. The van der Waals surface area contributed by atoms with Crippen molar-refractivity contribution in [3.8, 4) is 5.75 Å². The summed E-state index contributed by atoms with van der Waals surface area (Å²) >= 11 is 0. The van der Waals surface area contributed by atoms with Gasteiger partial charge in [0, 0.05) is 19.4 Å². The van der Waals surface area contributed by atoms with Crippen LogP contribution in [-0.4, -0.2) is 16.2 Å². The molecule has 2 rings (SSSR count). The molecule has 1 unspecified atom stereocenters. The Morgan fingerprint density at radius 1 is 1.38 bits per heavy atom. The first-order valence-corrected chi connectivity index (χ1v) is 5.18. The topological polar surface area (TPSA) is 53.1 Å². The van der Waals surface area contributed by atoms with Crippen LogP contribution in [0.5, 0.6) is 5.75 Å². The Bertz CT molecular complexity index is 439. The molecule has 4 heteroatoms. The summed E-state index contributed by atoms with van der Waals surface area (Å²) in [5, 5.41) is 0. The zero-order valence-corrected chi connectivity index (χ0v) is 9.21. The molecule has 16 heavy (non-hydrogen) atoms. The molecule has 1 aromatic carbocycles. The average molecular weight is 217 g/mol. The lowest BCUT2D eigenvalue weighted by atomic mass is 10.3. The van der Waals surface area contributed by atoms with Gasteiger partial charge in [-0.3, -0.25) is 0 Å². The lowest BCUT2D eigenvalue weighted by molar-refractivity contribution is 0.284. The van der Waals surface area contributed by atoms with Crippen LogP contribution in [0.3, 0.4) is 0 Å². The van der Waals surface area contributed by atoms with Crippen LogP contribution in [0.4, 0.5) is 0 Å². The minimum absolute atomic E-state index is 0.208. The number of rotatable bonds is 4. The monoisotopic (exact) mass is 217 g/mol. The summed E-state index contributed by atoms with van der Waals surface area (Å²) in [5.74, 6) is 1.66. The van der Waals surface area contributed by atoms with Crippen molar-refractivity contribution in [2.45, 2.75) is 6.04 Å². The fraction of sp³-hybridized carbons (Fsp3) is 0.250. The molecule has 0 bridgehead atoms. The van der Waals surface area contributed by atoms with Gasteiger partial charge in [0.15, 0.2) is 0 Å². The predicted molar refractivity (Wildman–Crippen MR) is 62.1 cm³/mol. The number of hydrogen-bond acceptors (Lipinski definition) is 3. The second-order valence-electron chi connectivity index (χ2n) is 3.63. The molecular formula is C12H15N3O. The maximum Gasteiger partial charge on any atom is 0.128 e. The first kappa shape index (κ1) is 10.7. The highest BCUT2D eigenvalue weighted by atomic mass is 16.5. The number of aromatic nitrogens is 2. The lowest BCUT2D eigenvalue weighted by Crippen LogP contribution is -2.22. The first-order valence-electron chi connectivity index (χ1n) is 5.18. The summed E-state index contributed by atoms with van der Waals surface area (Å²) < 4.78 is 7.47. The van der Waals surface area contributed by atoms with Crippen LogP contribution in [0.1, 0.15) is 11.9 Å². The van der Waals surface area contributed by atoms with Crippen LogP contribution >= 0.6 is 0 Å². The van der Waals surface area contributed by atoms with E-state index in [2.05, 4.69) is 4.98 Å². The Hall–Kier alpha value is -1.81. The Balaban J connectivity index is 1.94. The predicted octanol–water partition coefficient (Wildman–Crippen LogP) is 1.50. The van der Waals surface area contributed by atoms with Crippen molar-refractivity contribution in [3.05, 3.63) is 48.5 Å². The SMILES string of the molecule is Cn1ccnc1C(N)COc1ccccc1. The van der Waals surface area contributed by atoms with Gasteiger partial charge in [0.05, 0.1) is 6.04 Å². The van der Waals surface area contributed by atoms with Crippen molar-refractivity contribution in [2.75, 3.05) is 6.61 Å². The second kappa shape index (κ2) is 4.81. The number of hydrogen-bond donors (Lipinski definition) is 1. The van der Waals surface area contributed by atoms with Crippen LogP contribution in [0.2, 0.25) is 0 Å². The van der Waals surface area contributed by atoms with E-state index in [1.165, 1.54) is 0 Å². The summed E-state index contributed by atoms with van der Waals surface area (Å²) in [6.45, 7) is 0.425. The first-order chi connectivity index (χ1) is 7.77. The molecule has 84 valence electrons. The second-order valence-corrected chi connectivity index (χ2v) is 3.63.